The number of benzene rings is 1. The molecule has 140 valence electrons. The Hall–Kier alpha value is -1.28. The SMILES string of the molecule is Cc1ccc(OC(C)C(=O)N2CCCN(CC(F)(F)F)CC2)c(Br)c1. The summed E-state index contributed by atoms with van der Waals surface area (Å²) in [5.74, 6) is 0.362. The van der Waals surface area contributed by atoms with Crippen molar-refractivity contribution in [3.8, 4) is 5.75 Å². The highest BCUT2D eigenvalue weighted by Gasteiger charge is 2.32. The summed E-state index contributed by atoms with van der Waals surface area (Å²) in [6.07, 6.45) is -4.40. The average Bonchev–Trinajstić information content (AvgIpc) is 2.73. The lowest BCUT2D eigenvalue weighted by atomic mass is 10.2. The minimum atomic E-state index is -4.21. The number of amides is 1. The van der Waals surface area contributed by atoms with Gasteiger partial charge in [-0.25, -0.2) is 0 Å². The highest BCUT2D eigenvalue weighted by molar-refractivity contribution is 9.10. The maximum Gasteiger partial charge on any atom is 0.401 e. The van der Waals surface area contributed by atoms with Gasteiger partial charge in [0.25, 0.3) is 5.91 Å². The van der Waals surface area contributed by atoms with Gasteiger partial charge in [-0.3, -0.25) is 9.69 Å². The van der Waals surface area contributed by atoms with E-state index in [0.29, 0.717) is 25.3 Å². The minimum Gasteiger partial charge on any atom is -0.480 e. The number of carbonyl (C=O) groups excluding carboxylic acids is 1. The Balaban J connectivity index is 1.93. The molecule has 0 N–H and O–H groups in total. The van der Waals surface area contributed by atoms with Crippen LogP contribution in [0.4, 0.5) is 13.2 Å². The largest absolute Gasteiger partial charge is 0.480 e. The van der Waals surface area contributed by atoms with Gasteiger partial charge in [0, 0.05) is 26.2 Å². The van der Waals surface area contributed by atoms with Crippen molar-refractivity contribution >= 4 is 21.8 Å². The first-order valence-electron chi connectivity index (χ1n) is 8.16. The quantitative estimate of drug-likeness (QED) is 0.742. The lowest BCUT2D eigenvalue weighted by Crippen LogP contribution is -2.43. The zero-order valence-corrected chi connectivity index (χ0v) is 15.9. The van der Waals surface area contributed by atoms with Crippen LogP contribution in [0, 0.1) is 6.92 Å². The predicted octanol–water partition coefficient (Wildman–Crippen LogP) is 3.62. The van der Waals surface area contributed by atoms with Crippen molar-refractivity contribution in [2.24, 2.45) is 0 Å². The summed E-state index contributed by atoms with van der Waals surface area (Å²) in [7, 11) is 0. The third-order valence-electron chi connectivity index (χ3n) is 4.04. The van der Waals surface area contributed by atoms with Crippen LogP contribution in [0.15, 0.2) is 22.7 Å². The molecule has 1 unspecified atom stereocenters. The second-order valence-electron chi connectivity index (χ2n) is 6.26. The molecule has 1 saturated heterocycles. The molecule has 1 aliphatic rings. The molecule has 1 aromatic rings. The molecular weight excluding hydrogens is 401 g/mol. The molecule has 1 atom stereocenters. The summed E-state index contributed by atoms with van der Waals surface area (Å²) >= 11 is 3.41. The van der Waals surface area contributed by atoms with E-state index >= 15 is 0 Å². The van der Waals surface area contributed by atoms with Gasteiger partial charge in [-0.15, -0.1) is 0 Å². The molecule has 1 aromatic carbocycles. The zero-order valence-electron chi connectivity index (χ0n) is 14.3. The summed E-state index contributed by atoms with van der Waals surface area (Å²) < 4.78 is 44.1. The number of aryl methyl sites for hydroxylation is 1. The Kier molecular flexibility index (Phi) is 6.73. The van der Waals surface area contributed by atoms with Gasteiger partial charge in [-0.2, -0.15) is 13.2 Å². The van der Waals surface area contributed by atoms with Crippen molar-refractivity contribution in [1.29, 1.82) is 0 Å². The van der Waals surface area contributed by atoms with Gasteiger partial charge >= 0.3 is 6.18 Å². The van der Waals surface area contributed by atoms with Crippen LogP contribution >= 0.6 is 15.9 Å². The van der Waals surface area contributed by atoms with E-state index in [1.54, 1.807) is 17.9 Å². The predicted molar refractivity (Wildman–Crippen MR) is 92.7 cm³/mol. The van der Waals surface area contributed by atoms with Crippen LogP contribution in [0.1, 0.15) is 18.9 Å². The van der Waals surface area contributed by atoms with Crippen molar-refractivity contribution in [3.05, 3.63) is 28.2 Å². The van der Waals surface area contributed by atoms with Gasteiger partial charge in [0.15, 0.2) is 6.10 Å². The lowest BCUT2D eigenvalue weighted by molar-refractivity contribution is -0.145. The molecule has 25 heavy (non-hydrogen) atoms. The van der Waals surface area contributed by atoms with E-state index in [1.165, 1.54) is 4.90 Å². The number of nitrogens with zero attached hydrogens (tertiary/aromatic N) is 2. The molecule has 4 nitrogen and oxygen atoms in total. The standard InChI is InChI=1S/C17H22BrF3N2O2/c1-12-4-5-15(14(18)10-12)25-13(2)16(24)23-7-3-6-22(8-9-23)11-17(19,20)21/h4-5,10,13H,3,6-9,11H2,1-2H3. The van der Waals surface area contributed by atoms with E-state index < -0.39 is 18.8 Å². The Bertz CT molecular complexity index is 610. The maximum atomic E-state index is 12.6. The third kappa shape index (κ3) is 6.18. The molecule has 8 heteroatoms. The molecular formula is C17H22BrF3N2O2. The van der Waals surface area contributed by atoms with Gasteiger partial charge in [0.1, 0.15) is 5.75 Å². The maximum absolute atomic E-state index is 12.6. The normalized spacial score (nSPS) is 17.9. The van der Waals surface area contributed by atoms with E-state index in [1.807, 2.05) is 19.1 Å². The van der Waals surface area contributed by atoms with Gasteiger partial charge in [-0.05, 0) is 53.9 Å². The van der Waals surface area contributed by atoms with Crippen LogP contribution in [-0.2, 0) is 4.79 Å². The van der Waals surface area contributed by atoms with Crippen LogP contribution in [0.25, 0.3) is 0 Å². The van der Waals surface area contributed by atoms with Crippen molar-refractivity contribution in [2.75, 3.05) is 32.7 Å². The Labute approximate surface area is 154 Å². The fourth-order valence-corrected chi connectivity index (χ4v) is 3.39. The van der Waals surface area contributed by atoms with Crippen molar-refractivity contribution in [2.45, 2.75) is 32.5 Å². The van der Waals surface area contributed by atoms with E-state index in [-0.39, 0.29) is 19.0 Å². The van der Waals surface area contributed by atoms with Gasteiger partial charge < -0.3 is 9.64 Å². The van der Waals surface area contributed by atoms with Crippen molar-refractivity contribution < 1.29 is 22.7 Å². The van der Waals surface area contributed by atoms with Gasteiger partial charge in [0.2, 0.25) is 0 Å². The smallest absolute Gasteiger partial charge is 0.401 e. The van der Waals surface area contributed by atoms with Crippen LogP contribution < -0.4 is 4.74 Å². The molecule has 0 bridgehead atoms. The molecule has 0 spiro atoms. The van der Waals surface area contributed by atoms with Gasteiger partial charge in [-0.1, -0.05) is 6.07 Å². The lowest BCUT2D eigenvalue weighted by Gasteiger charge is -2.25. The molecule has 1 heterocycles. The Morgan fingerprint density at radius 3 is 2.64 bits per heavy atom. The summed E-state index contributed by atoms with van der Waals surface area (Å²) in [6, 6.07) is 5.57. The Morgan fingerprint density at radius 1 is 1.28 bits per heavy atom. The van der Waals surface area contributed by atoms with Gasteiger partial charge in [0.05, 0.1) is 11.0 Å². The molecule has 1 aliphatic heterocycles. The average molecular weight is 423 g/mol. The molecule has 2 rings (SSSR count). The fourth-order valence-electron chi connectivity index (χ4n) is 2.80. The van der Waals surface area contributed by atoms with Crippen molar-refractivity contribution in [3.63, 3.8) is 0 Å². The number of halogens is 4. The first kappa shape index (κ1) is 20.0. The number of rotatable bonds is 4. The first-order valence-corrected chi connectivity index (χ1v) is 8.96. The fraction of sp³-hybridized carbons (Fsp3) is 0.588. The topological polar surface area (TPSA) is 32.8 Å². The summed E-state index contributed by atoms with van der Waals surface area (Å²) in [6.45, 7) is 3.94. The molecule has 0 aliphatic carbocycles. The van der Waals surface area contributed by atoms with Crippen molar-refractivity contribution in [1.82, 2.24) is 9.80 Å². The molecule has 1 fully saturated rings. The number of alkyl halides is 3. The number of hydrogen-bond acceptors (Lipinski definition) is 3. The second-order valence-corrected chi connectivity index (χ2v) is 7.12. The molecule has 1 amide bonds. The zero-order chi connectivity index (χ0) is 18.6. The summed E-state index contributed by atoms with van der Waals surface area (Å²) in [4.78, 5) is 15.5. The van der Waals surface area contributed by atoms with Crippen LogP contribution in [0.5, 0.6) is 5.75 Å². The molecule has 0 saturated carbocycles. The van der Waals surface area contributed by atoms with E-state index in [4.69, 9.17) is 4.74 Å². The monoisotopic (exact) mass is 422 g/mol. The van der Waals surface area contributed by atoms with Crippen LogP contribution in [-0.4, -0.2) is 60.7 Å². The minimum absolute atomic E-state index is 0.207. The molecule has 0 radical (unpaired) electrons. The molecule has 0 aromatic heterocycles. The number of carbonyl (C=O) groups is 1. The highest BCUT2D eigenvalue weighted by Crippen LogP contribution is 2.27. The second kappa shape index (κ2) is 8.40. The first-order chi connectivity index (χ1) is 11.7. The summed E-state index contributed by atoms with van der Waals surface area (Å²) in [5, 5.41) is 0. The van der Waals surface area contributed by atoms with Crippen LogP contribution in [0.3, 0.4) is 0 Å². The Morgan fingerprint density at radius 2 is 2.00 bits per heavy atom. The van der Waals surface area contributed by atoms with E-state index in [0.717, 1.165) is 10.0 Å². The van der Waals surface area contributed by atoms with E-state index in [9.17, 15) is 18.0 Å². The third-order valence-corrected chi connectivity index (χ3v) is 4.66. The number of ether oxygens (including phenoxy) is 1. The highest BCUT2D eigenvalue weighted by atomic mass is 79.9. The van der Waals surface area contributed by atoms with E-state index in [2.05, 4.69) is 15.9 Å². The van der Waals surface area contributed by atoms with Crippen LogP contribution in [0.2, 0.25) is 0 Å². The number of hydrogen-bond donors (Lipinski definition) is 0. The summed E-state index contributed by atoms with van der Waals surface area (Å²) in [5.41, 5.74) is 1.07.